The van der Waals surface area contributed by atoms with Gasteiger partial charge >= 0.3 is 0 Å². The molecule has 1 atom stereocenters. The van der Waals surface area contributed by atoms with Crippen molar-refractivity contribution in [2.24, 2.45) is 0 Å². The topological polar surface area (TPSA) is 54.9 Å². The van der Waals surface area contributed by atoms with Crippen LogP contribution in [0.15, 0.2) is 42.6 Å². The molecule has 4 rings (SSSR count). The first-order chi connectivity index (χ1) is 13.2. The molecule has 2 aliphatic heterocycles. The monoisotopic (exact) mass is 371 g/mol. The van der Waals surface area contributed by atoms with Crippen molar-refractivity contribution in [2.45, 2.75) is 12.5 Å². The van der Waals surface area contributed by atoms with Gasteiger partial charge in [0.1, 0.15) is 11.9 Å². The summed E-state index contributed by atoms with van der Waals surface area (Å²) in [5.41, 5.74) is 1.14. The van der Waals surface area contributed by atoms with E-state index < -0.39 is 0 Å². The number of piperazine rings is 1. The van der Waals surface area contributed by atoms with Crippen molar-refractivity contribution in [3.05, 3.63) is 54.0 Å². The predicted molar refractivity (Wildman–Crippen MR) is 98.6 cm³/mol. The Morgan fingerprint density at radius 2 is 2.00 bits per heavy atom. The van der Waals surface area contributed by atoms with Gasteiger partial charge in [0.2, 0.25) is 5.88 Å². The molecule has 0 saturated carbocycles. The third-order valence-corrected chi connectivity index (χ3v) is 4.92. The predicted octanol–water partition coefficient (Wildman–Crippen LogP) is 2.35. The molecule has 0 spiro atoms. The lowest BCUT2D eigenvalue weighted by Gasteiger charge is -2.36. The van der Waals surface area contributed by atoms with Crippen molar-refractivity contribution < 1.29 is 18.7 Å². The molecule has 2 aliphatic rings. The van der Waals surface area contributed by atoms with Crippen molar-refractivity contribution >= 4 is 11.6 Å². The van der Waals surface area contributed by atoms with Crippen LogP contribution in [0.1, 0.15) is 16.8 Å². The number of nitrogens with zero attached hydrogens (tertiary/aromatic N) is 3. The molecule has 1 aromatic carbocycles. The number of amides is 1. The number of carbonyl (C=O) groups is 1. The number of halogens is 1. The molecular weight excluding hydrogens is 349 g/mol. The highest BCUT2D eigenvalue weighted by Gasteiger charge is 2.24. The number of hydrogen-bond acceptors (Lipinski definition) is 5. The fourth-order valence-electron chi connectivity index (χ4n) is 3.42. The van der Waals surface area contributed by atoms with E-state index in [0.29, 0.717) is 56.5 Å². The number of hydrogen-bond donors (Lipinski definition) is 0. The Kier molecular flexibility index (Phi) is 5.20. The van der Waals surface area contributed by atoms with Crippen LogP contribution in [-0.4, -0.2) is 61.3 Å². The van der Waals surface area contributed by atoms with E-state index in [1.807, 2.05) is 11.0 Å². The highest BCUT2D eigenvalue weighted by atomic mass is 19.1. The van der Waals surface area contributed by atoms with Crippen LogP contribution in [-0.2, 0) is 4.74 Å². The zero-order valence-corrected chi connectivity index (χ0v) is 15.0. The molecule has 1 unspecified atom stereocenters. The molecule has 1 amide bonds. The lowest BCUT2D eigenvalue weighted by molar-refractivity contribution is 0.0745. The molecule has 7 heteroatoms. The van der Waals surface area contributed by atoms with Gasteiger partial charge in [-0.2, -0.15) is 0 Å². The summed E-state index contributed by atoms with van der Waals surface area (Å²) < 4.78 is 25.0. The van der Waals surface area contributed by atoms with Crippen molar-refractivity contribution in [3.63, 3.8) is 0 Å². The second-order valence-electron chi connectivity index (χ2n) is 6.72. The molecule has 2 fully saturated rings. The number of pyridine rings is 1. The summed E-state index contributed by atoms with van der Waals surface area (Å²) in [4.78, 5) is 20.8. The Morgan fingerprint density at radius 3 is 2.74 bits per heavy atom. The normalized spacial score (nSPS) is 20.0. The maximum absolute atomic E-state index is 14.0. The Balaban J connectivity index is 1.38. The molecule has 3 heterocycles. The number of anilines is 1. The summed E-state index contributed by atoms with van der Waals surface area (Å²) in [5.74, 6) is 0.156. The number of ether oxygens (including phenoxy) is 2. The number of aromatic nitrogens is 1. The van der Waals surface area contributed by atoms with Gasteiger partial charge < -0.3 is 19.3 Å². The smallest absolute Gasteiger partial charge is 0.254 e. The van der Waals surface area contributed by atoms with Crippen LogP contribution in [0, 0.1) is 5.82 Å². The molecule has 1 aromatic heterocycles. The molecule has 0 bridgehead atoms. The molecule has 142 valence electrons. The quantitative estimate of drug-likeness (QED) is 0.826. The van der Waals surface area contributed by atoms with Crippen molar-refractivity contribution in [1.29, 1.82) is 0 Å². The summed E-state index contributed by atoms with van der Waals surface area (Å²) >= 11 is 0. The Labute approximate surface area is 157 Å². The van der Waals surface area contributed by atoms with Crippen LogP contribution >= 0.6 is 0 Å². The molecule has 0 aliphatic carbocycles. The average Bonchev–Trinajstić information content (AvgIpc) is 3.21. The molecule has 27 heavy (non-hydrogen) atoms. The fourth-order valence-corrected chi connectivity index (χ4v) is 3.42. The van der Waals surface area contributed by atoms with Gasteiger partial charge in [-0.3, -0.25) is 4.79 Å². The first kappa shape index (κ1) is 17.7. The number of carbonyl (C=O) groups excluding carboxylic acids is 1. The lowest BCUT2D eigenvalue weighted by Crippen LogP contribution is -2.49. The molecule has 6 nitrogen and oxygen atoms in total. The van der Waals surface area contributed by atoms with E-state index in [-0.39, 0.29) is 17.8 Å². The summed E-state index contributed by atoms with van der Waals surface area (Å²) in [6, 6.07) is 10.1. The minimum Gasteiger partial charge on any atom is -0.472 e. The van der Waals surface area contributed by atoms with E-state index >= 15 is 0 Å². The largest absolute Gasteiger partial charge is 0.472 e. The zero-order chi connectivity index (χ0) is 18.6. The van der Waals surface area contributed by atoms with Gasteiger partial charge in [0.25, 0.3) is 5.91 Å². The lowest BCUT2D eigenvalue weighted by atomic mass is 10.2. The Hall–Kier alpha value is -2.67. The minimum absolute atomic E-state index is 0.00725. The van der Waals surface area contributed by atoms with Crippen LogP contribution in [0.25, 0.3) is 0 Å². The van der Waals surface area contributed by atoms with Gasteiger partial charge in [-0.15, -0.1) is 0 Å². The molecule has 0 radical (unpaired) electrons. The van der Waals surface area contributed by atoms with Crippen molar-refractivity contribution in [3.8, 4) is 5.88 Å². The fraction of sp³-hybridized carbons (Fsp3) is 0.400. The van der Waals surface area contributed by atoms with Crippen LogP contribution in [0.5, 0.6) is 5.88 Å². The Morgan fingerprint density at radius 1 is 1.19 bits per heavy atom. The molecule has 2 saturated heterocycles. The molecule has 2 aromatic rings. The average molecular weight is 371 g/mol. The number of benzene rings is 1. The summed E-state index contributed by atoms with van der Waals surface area (Å²) in [6.07, 6.45) is 2.42. The minimum atomic E-state index is -0.232. The van der Waals surface area contributed by atoms with Gasteiger partial charge in [-0.25, -0.2) is 9.37 Å². The van der Waals surface area contributed by atoms with E-state index in [4.69, 9.17) is 9.47 Å². The zero-order valence-electron chi connectivity index (χ0n) is 15.0. The first-order valence-electron chi connectivity index (χ1n) is 9.20. The highest BCUT2D eigenvalue weighted by molar-refractivity contribution is 5.94. The van der Waals surface area contributed by atoms with Crippen molar-refractivity contribution in [2.75, 3.05) is 44.3 Å². The number of para-hydroxylation sites is 1. The van der Waals surface area contributed by atoms with Crippen LogP contribution in [0.2, 0.25) is 0 Å². The van der Waals surface area contributed by atoms with Gasteiger partial charge in [-0.05, 0) is 18.2 Å². The molecule has 0 N–H and O–H groups in total. The van der Waals surface area contributed by atoms with Crippen molar-refractivity contribution in [1.82, 2.24) is 9.88 Å². The third kappa shape index (κ3) is 4.03. The van der Waals surface area contributed by atoms with E-state index in [9.17, 15) is 9.18 Å². The van der Waals surface area contributed by atoms with Gasteiger partial charge in [0.15, 0.2) is 0 Å². The van der Waals surface area contributed by atoms with E-state index in [1.54, 1.807) is 35.4 Å². The summed E-state index contributed by atoms with van der Waals surface area (Å²) in [7, 11) is 0. The first-order valence-corrected chi connectivity index (χ1v) is 9.20. The van der Waals surface area contributed by atoms with Crippen LogP contribution < -0.4 is 9.64 Å². The van der Waals surface area contributed by atoms with Gasteiger partial charge in [-0.1, -0.05) is 12.1 Å². The van der Waals surface area contributed by atoms with E-state index in [0.717, 1.165) is 6.42 Å². The third-order valence-electron chi connectivity index (χ3n) is 4.92. The maximum Gasteiger partial charge on any atom is 0.254 e. The standard InChI is InChI=1S/C20H22FN3O3/c21-17-3-1-2-4-18(17)23-8-10-24(11-9-23)20(25)15-5-7-22-19(13-15)27-16-6-12-26-14-16/h1-5,7,13,16H,6,8-12,14H2. The second kappa shape index (κ2) is 7.92. The van der Waals surface area contributed by atoms with Gasteiger partial charge in [0.05, 0.1) is 18.9 Å². The summed E-state index contributed by atoms with van der Waals surface area (Å²) in [5, 5.41) is 0. The van der Waals surface area contributed by atoms with Crippen LogP contribution in [0.4, 0.5) is 10.1 Å². The second-order valence-corrected chi connectivity index (χ2v) is 6.72. The van der Waals surface area contributed by atoms with Crippen LogP contribution in [0.3, 0.4) is 0 Å². The van der Waals surface area contributed by atoms with E-state index in [2.05, 4.69) is 4.98 Å². The summed E-state index contributed by atoms with van der Waals surface area (Å²) in [6.45, 7) is 3.53. The maximum atomic E-state index is 14.0. The van der Waals surface area contributed by atoms with Gasteiger partial charge in [0, 0.05) is 50.4 Å². The Bertz CT molecular complexity index is 803. The SMILES string of the molecule is O=C(c1ccnc(OC2CCOC2)c1)N1CCN(c2ccccc2F)CC1. The molecular formula is C20H22FN3O3. The van der Waals surface area contributed by atoms with E-state index in [1.165, 1.54) is 6.07 Å². The highest BCUT2D eigenvalue weighted by Crippen LogP contribution is 2.21. The number of rotatable bonds is 4.